The minimum Gasteiger partial charge on any atom is -0.490 e. The average molecular weight is 641 g/mol. The minimum atomic E-state index is -4.79. The maximum absolute atomic E-state index is 13.1. The van der Waals surface area contributed by atoms with E-state index in [0.717, 1.165) is 18.2 Å². The van der Waals surface area contributed by atoms with Gasteiger partial charge in [-0.05, 0) is 89.7 Å². The van der Waals surface area contributed by atoms with Crippen LogP contribution < -0.4 is 14.8 Å². The Kier molecular flexibility index (Phi) is 8.89. The first-order valence-corrected chi connectivity index (χ1v) is 11.7. The number of hydrogen-bond donors (Lipinski definition) is 1. The lowest BCUT2D eigenvalue weighted by molar-refractivity contribution is -0.385. The molecule has 1 amide bonds. The first kappa shape index (κ1) is 28.4. The van der Waals surface area contributed by atoms with Gasteiger partial charge in [-0.3, -0.25) is 14.9 Å². The van der Waals surface area contributed by atoms with Crippen LogP contribution in [0.15, 0.2) is 60.2 Å². The van der Waals surface area contributed by atoms with Crippen LogP contribution in [0.1, 0.15) is 18.1 Å². The number of anilines is 1. The first-order valence-electron chi connectivity index (χ1n) is 10.6. The third kappa shape index (κ3) is 6.97. The summed E-state index contributed by atoms with van der Waals surface area (Å²) in [7, 11) is 0. The molecule has 0 aliphatic carbocycles. The molecule has 3 rings (SSSR count). The smallest absolute Gasteiger partial charge is 0.416 e. The number of nitrogens with zero attached hydrogens (tertiary/aromatic N) is 2. The van der Waals surface area contributed by atoms with E-state index in [1.54, 1.807) is 13.0 Å². The zero-order valence-corrected chi connectivity index (χ0v) is 21.5. The summed E-state index contributed by atoms with van der Waals surface area (Å²) in [6.07, 6.45) is -3.53. The van der Waals surface area contributed by atoms with Gasteiger partial charge in [0.25, 0.3) is 5.91 Å². The Morgan fingerprint density at radius 1 is 1.16 bits per heavy atom. The SMILES string of the molecule is CCOc1cc(/C=C(\C#N)C(=O)Nc2ccc(F)cc2)cc(I)c1Oc1ccc(C(F)(F)F)cc1[N+](=O)[O-]. The molecule has 13 heteroatoms. The summed E-state index contributed by atoms with van der Waals surface area (Å²) in [4.78, 5) is 23.0. The minimum absolute atomic E-state index is 0.0123. The highest BCUT2D eigenvalue weighted by Crippen LogP contribution is 2.42. The monoisotopic (exact) mass is 641 g/mol. The van der Waals surface area contributed by atoms with Gasteiger partial charge < -0.3 is 14.8 Å². The molecule has 0 atom stereocenters. The second-order valence-electron chi connectivity index (χ2n) is 7.43. The summed E-state index contributed by atoms with van der Waals surface area (Å²) in [6.45, 7) is 1.78. The van der Waals surface area contributed by atoms with E-state index < -0.39 is 39.8 Å². The van der Waals surface area contributed by atoms with Gasteiger partial charge in [-0.2, -0.15) is 18.4 Å². The number of hydrogen-bond acceptors (Lipinski definition) is 6. The van der Waals surface area contributed by atoms with Crippen molar-refractivity contribution in [3.05, 3.63) is 90.8 Å². The highest BCUT2D eigenvalue weighted by molar-refractivity contribution is 14.1. The molecule has 8 nitrogen and oxygen atoms in total. The zero-order chi connectivity index (χ0) is 28.0. The van der Waals surface area contributed by atoms with Crippen molar-refractivity contribution < 1.29 is 36.8 Å². The predicted molar refractivity (Wildman–Crippen MR) is 137 cm³/mol. The Balaban J connectivity index is 1.97. The number of carbonyl (C=O) groups excluding carboxylic acids is 1. The van der Waals surface area contributed by atoms with E-state index >= 15 is 0 Å². The Bertz CT molecular complexity index is 1450. The van der Waals surface area contributed by atoms with Gasteiger partial charge in [0.15, 0.2) is 11.5 Å². The van der Waals surface area contributed by atoms with Crippen molar-refractivity contribution in [3.8, 4) is 23.3 Å². The maximum Gasteiger partial charge on any atom is 0.416 e. The number of nitro groups is 1. The Hall–Kier alpha value is -4.19. The molecule has 0 bridgehead atoms. The van der Waals surface area contributed by atoms with Crippen molar-refractivity contribution >= 4 is 45.9 Å². The van der Waals surface area contributed by atoms with Crippen LogP contribution in [0.2, 0.25) is 0 Å². The molecule has 38 heavy (non-hydrogen) atoms. The molecule has 3 aromatic rings. The molecule has 0 spiro atoms. The van der Waals surface area contributed by atoms with Crippen molar-refractivity contribution in [2.45, 2.75) is 13.1 Å². The van der Waals surface area contributed by atoms with Gasteiger partial charge in [0, 0.05) is 11.8 Å². The Morgan fingerprint density at radius 2 is 1.84 bits per heavy atom. The van der Waals surface area contributed by atoms with E-state index in [1.807, 2.05) is 22.6 Å². The Morgan fingerprint density at radius 3 is 2.42 bits per heavy atom. The average Bonchev–Trinajstić information content (AvgIpc) is 2.85. The van der Waals surface area contributed by atoms with Crippen LogP contribution in [0.4, 0.5) is 28.9 Å². The number of nitriles is 1. The number of nitro benzene ring substituents is 1. The van der Waals surface area contributed by atoms with E-state index in [1.165, 1.54) is 30.3 Å². The maximum atomic E-state index is 13.1. The van der Waals surface area contributed by atoms with Crippen LogP contribution in [-0.4, -0.2) is 17.4 Å². The molecule has 0 saturated carbocycles. The van der Waals surface area contributed by atoms with Gasteiger partial charge in [0.2, 0.25) is 5.75 Å². The molecular formula is C25H16F4IN3O5. The molecule has 0 radical (unpaired) electrons. The van der Waals surface area contributed by atoms with E-state index in [-0.39, 0.29) is 29.4 Å². The third-order valence-electron chi connectivity index (χ3n) is 4.80. The zero-order valence-electron chi connectivity index (χ0n) is 19.3. The topological polar surface area (TPSA) is 114 Å². The normalized spacial score (nSPS) is 11.4. The van der Waals surface area contributed by atoms with Crippen molar-refractivity contribution in [3.63, 3.8) is 0 Å². The van der Waals surface area contributed by atoms with Crippen molar-refractivity contribution in [1.29, 1.82) is 5.26 Å². The van der Waals surface area contributed by atoms with Gasteiger partial charge in [-0.1, -0.05) is 0 Å². The van der Waals surface area contributed by atoms with Crippen LogP contribution in [0.3, 0.4) is 0 Å². The van der Waals surface area contributed by atoms with E-state index in [4.69, 9.17) is 9.47 Å². The largest absolute Gasteiger partial charge is 0.490 e. The molecular weight excluding hydrogens is 625 g/mol. The molecule has 0 fully saturated rings. The third-order valence-corrected chi connectivity index (χ3v) is 5.61. The number of nitrogens with one attached hydrogen (secondary N) is 1. The molecule has 0 heterocycles. The number of alkyl halides is 3. The quantitative estimate of drug-likeness (QED) is 0.0702. The standard InChI is InChI=1S/C25H16F4IN3O5/c1-2-37-22-11-14(9-15(13-31)24(34)32-18-6-4-17(26)5-7-18)10-19(30)23(22)38-21-8-3-16(25(27,28)29)12-20(21)33(35)36/h3-12H,2H2,1H3,(H,32,34)/b15-9+. The van der Waals surface area contributed by atoms with E-state index in [2.05, 4.69) is 5.32 Å². The molecule has 0 aliphatic rings. The molecule has 0 aromatic heterocycles. The van der Waals surface area contributed by atoms with E-state index in [9.17, 15) is 37.7 Å². The number of rotatable bonds is 8. The van der Waals surface area contributed by atoms with Gasteiger partial charge in [0.1, 0.15) is 17.5 Å². The second kappa shape index (κ2) is 11.9. The molecule has 3 aromatic carbocycles. The van der Waals surface area contributed by atoms with Crippen molar-refractivity contribution in [2.24, 2.45) is 0 Å². The lowest BCUT2D eigenvalue weighted by Gasteiger charge is -2.15. The molecule has 196 valence electrons. The van der Waals surface area contributed by atoms with Crippen LogP contribution in [0, 0.1) is 30.8 Å². The number of ether oxygens (including phenoxy) is 2. The van der Waals surface area contributed by atoms with Crippen LogP contribution in [0.5, 0.6) is 17.2 Å². The fourth-order valence-corrected chi connectivity index (χ4v) is 3.85. The second-order valence-corrected chi connectivity index (χ2v) is 8.60. The van der Waals surface area contributed by atoms with Gasteiger partial charge in [-0.15, -0.1) is 0 Å². The summed E-state index contributed by atoms with van der Waals surface area (Å²) in [6, 6.07) is 11.5. The summed E-state index contributed by atoms with van der Waals surface area (Å²) in [5, 5.41) is 23.4. The van der Waals surface area contributed by atoms with Crippen LogP contribution >= 0.6 is 22.6 Å². The van der Waals surface area contributed by atoms with Crippen LogP contribution in [0.25, 0.3) is 6.08 Å². The number of amides is 1. The molecule has 0 aliphatic heterocycles. The molecule has 0 unspecified atom stereocenters. The molecule has 1 N–H and O–H groups in total. The predicted octanol–water partition coefficient (Wildman–Crippen LogP) is 7.09. The summed E-state index contributed by atoms with van der Waals surface area (Å²) >= 11 is 1.82. The van der Waals surface area contributed by atoms with Gasteiger partial charge >= 0.3 is 11.9 Å². The van der Waals surface area contributed by atoms with Crippen molar-refractivity contribution in [1.82, 2.24) is 0 Å². The van der Waals surface area contributed by atoms with Gasteiger partial charge in [-0.25, -0.2) is 4.39 Å². The van der Waals surface area contributed by atoms with Gasteiger partial charge in [0.05, 0.1) is 20.7 Å². The number of benzene rings is 3. The van der Waals surface area contributed by atoms with Crippen molar-refractivity contribution in [2.75, 3.05) is 11.9 Å². The summed E-state index contributed by atoms with van der Waals surface area (Å²) in [5.41, 5.74) is -1.80. The lowest BCUT2D eigenvalue weighted by atomic mass is 10.1. The lowest BCUT2D eigenvalue weighted by Crippen LogP contribution is -2.13. The highest BCUT2D eigenvalue weighted by atomic mass is 127. The van der Waals surface area contributed by atoms with E-state index in [0.29, 0.717) is 21.3 Å². The number of halogens is 5. The first-order chi connectivity index (χ1) is 17.9. The summed E-state index contributed by atoms with van der Waals surface area (Å²) < 4.78 is 63.7. The fourth-order valence-electron chi connectivity index (χ4n) is 3.11. The summed E-state index contributed by atoms with van der Waals surface area (Å²) in [5.74, 6) is -1.65. The highest BCUT2D eigenvalue weighted by Gasteiger charge is 2.33. The number of carbonyl (C=O) groups is 1. The van der Waals surface area contributed by atoms with Crippen LogP contribution in [-0.2, 0) is 11.0 Å². The Labute approximate surface area is 226 Å². The fraction of sp³-hybridized carbons (Fsp3) is 0.120. The molecule has 0 saturated heterocycles.